The molecule has 284 valence electrons. The number of pyridine rings is 2. The minimum atomic E-state index is -2.24. The normalized spacial score (nSPS) is 13.7. The second-order valence-electron chi connectivity index (χ2n) is 13.7. The van der Waals surface area contributed by atoms with Gasteiger partial charge >= 0.3 is 11.4 Å². The third-order valence-corrected chi connectivity index (χ3v) is 10.9. The first-order valence-electron chi connectivity index (χ1n) is 18.5. The molecule has 0 aliphatic carbocycles. The number of primary amides is 2. The van der Waals surface area contributed by atoms with Crippen molar-refractivity contribution in [2.24, 2.45) is 11.5 Å². The van der Waals surface area contributed by atoms with Crippen LogP contribution >= 0.6 is 11.6 Å². The summed E-state index contributed by atoms with van der Waals surface area (Å²) in [6.45, 7) is 7.77. The maximum atomic E-state index is 15.0. The molecule has 6 rings (SSSR count). The molecule has 0 fully saturated rings. The van der Waals surface area contributed by atoms with Gasteiger partial charge in [-0.25, -0.2) is 19.6 Å². The highest BCUT2D eigenvalue weighted by Crippen LogP contribution is 2.46. The molecule has 14 heteroatoms. The van der Waals surface area contributed by atoms with E-state index in [0.29, 0.717) is 64.0 Å². The number of nitrogens with zero attached hydrogens (tertiary/aromatic N) is 7. The SMILES string of the molecule is CCCCC(C(N)=O)(n1c(=O)n(CC)c2cc(-c3cccc(Cl)c3)cnc21)C(CCCC)(C(N)=O)n1c(=O)n(CC)c2cc(-c3cccc(C#N)c3)cnc21. The Hall–Kier alpha value is -6.00. The number of carbonyl (C=O) groups is 2. The van der Waals surface area contributed by atoms with Gasteiger partial charge in [-0.05, 0) is 74.2 Å². The van der Waals surface area contributed by atoms with Gasteiger partial charge in [0.15, 0.2) is 22.4 Å². The van der Waals surface area contributed by atoms with Crippen LogP contribution in [-0.2, 0) is 33.8 Å². The Morgan fingerprint density at radius 3 is 1.56 bits per heavy atom. The predicted octanol–water partition coefficient (Wildman–Crippen LogP) is 6.05. The van der Waals surface area contributed by atoms with E-state index >= 15 is 0 Å². The number of amides is 2. The first kappa shape index (κ1) is 38.7. The quantitative estimate of drug-likeness (QED) is 0.127. The average Bonchev–Trinajstić information content (AvgIpc) is 3.63. The van der Waals surface area contributed by atoms with E-state index in [4.69, 9.17) is 33.0 Å². The van der Waals surface area contributed by atoms with Gasteiger partial charge in [-0.2, -0.15) is 5.26 Å². The number of carbonyl (C=O) groups excluding carboxylic acids is 2. The number of nitriles is 1. The highest BCUT2D eigenvalue weighted by Gasteiger charge is 2.64. The number of unbranched alkanes of at least 4 members (excludes halogenated alkanes) is 2. The molecule has 2 unspecified atom stereocenters. The van der Waals surface area contributed by atoms with Gasteiger partial charge in [-0.3, -0.25) is 27.9 Å². The summed E-state index contributed by atoms with van der Waals surface area (Å²) in [7, 11) is 0. The number of halogens is 1. The van der Waals surface area contributed by atoms with Crippen LogP contribution in [0.2, 0.25) is 5.02 Å². The number of nitrogens with two attached hydrogens (primary N) is 2. The van der Waals surface area contributed by atoms with Crippen molar-refractivity contribution in [2.75, 3.05) is 0 Å². The van der Waals surface area contributed by atoms with E-state index in [2.05, 4.69) is 6.07 Å². The highest BCUT2D eigenvalue weighted by molar-refractivity contribution is 6.30. The number of benzene rings is 2. The lowest BCUT2D eigenvalue weighted by Gasteiger charge is -2.47. The number of hydrogen-bond donors (Lipinski definition) is 2. The van der Waals surface area contributed by atoms with Crippen LogP contribution in [0.25, 0.3) is 44.6 Å². The summed E-state index contributed by atoms with van der Waals surface area (Å²) in [6.07, 6.45) is 4.67. The van der Waals surface area contributed by atoms with Crippen molar-refractivity contribution in [3.63, 3.8) is 0 Å². The van der Waals surface area contributed by atoms with E-state index in [0.717, 1.165) is 5.56 Å². The number of imidazole rings is 2. The minimum Gasteiger partial charge on any atom is -0.368 e. The molecule has 2 atom stereocenters. The molecule has 0 radical (unpaired) electrons. The molecule has 0 aliphatic rings. The minimum absolute atomic E-state index is 0.0903. The third kappa shape index (κ3) is 6.10. The van der Waals surface area contributed by atoms with Crippen LogP contribution in [0, 0.1) is 11.3 Å². The van der Waals surface area contributed by atoms with E-state index in [1.54, 1.807) is 68.7 Å². The molecule has 0 spiro atoms. The summed E-state index contributed by atoms with van der Waals surface area (Å²) < 4.78 is 5.36. The smallest absolute Gasteiger partial charge is 0.331 e. The van der Waals surface area contributed by atoms with Crippen molar-refractivity contribution in [2.45, 2.75) is 90.4 Å². The fraction of sp³-hybridized carbons (Fsp3) is 0.341. The zero-order valence-corrected chi connectivity index (χ0v) is 32.1. The third-order valence-electron chi connectivity index (χ3n) is 10.7. The van der Waals surface area contributed by atoms with Crippen molar-refractivity contribution >= 4 is 45.7 Å². The fourth-order valence-electron chi connectivity index (χ4n) is 8.06. The lowest BCUT2D eigenvalue weighted by atomic mass is 9.68. The lowest BCUT2D eigenvalue weighted by molar-refractivity contribution is -0.147. The standard InChI is InChI=1S/C41H44ClN9O4/c1-5-9-17-40(36(44)52,50-34-32(48(7-3)38(50)54)21-29(24-46-34)27-14-11-13-26(19-27)23-43)41(37(45)53,18-10-6-2)51-35-33(49(8-4)39(51)55)22-30(25-47-35)28-15-12-16-31(42)20-28/h11-16,19-22,24-25H,5-10,17-18H2,1-4H3,(H2,44,52)(H2,45,53). The average molecular weight is 762 g/mol. The summed E-state index contributed by atoms with van der Waals surface area (Å²) in [4.78, 5) is 68.9. The molecule has 0 saturated heterocycles. The monoisotopic (exact) mass is 761 g/mol. The molecule has 2 amide bonds. The molecule has 4 heterocycles. The molecule has 4 aromatic heterocycles. The Bertz CT molecular complexity index is 2610. The van der Waals surface area contributed by atoms with Crippen molar-refractivity contribution in [3.05, 3.63) is 105 Å². The van der Waals surface area contributed by atoms with Gasteiger partial charge < -0.3 is 11.5 Å². The first-order chi connectivity index (χ1) is 26.4. The van der Waals surface area contributed by atoms with Crippen LogP contribution in [0.3, 0.4) is 0 Å². The summed E-state index contributed by atoms with van der Waals surface area (Å²) in [5.41, 5.74) is 11.5. The highest BCUT2D eigenvalue weighted by atomic mass is 35.5. The van der Waals surface area contributed by atoms with Crippen LogP contribution in [0.5, 0.6) is 0 Å². The molecular weight excluding hydrogens is 718 g/mol. The van der Waals surface area contributed by atoms with Crippen LogP contribution in [0.1, 0.15) is 71.8 Å². The van der Waals surface area contributed by atoms with E-state index < -0.39 is 34.3 Å². The number of aromatic nitrogens is 6. The number of aryl methyl sites for hydroxylation is 2. The zero-order chi connectivity index (χ0) is 39.7. The molecule has 4 N–H and O–H groups in total. The van der Waals surface area contributed by atoms with Crippen LogP contribution in [0.4, 0.5) is 0 Å². The Morgan fingerprint density at radius 1 is 0.709 bits per heavy atom. The van der Waals surface area contributed by atoms with Gasteiger partial charge in [-0.15, -0.1) is 0 Å². The van der Waals surface area contributed by atoms with Crippen LogP contribution in [-0.4, -0.2) is 40.1 Å². The molecular formula is C41H44ClN9O4. The Morgan fingerprint density at radius 2 is 1.16 bits per heavy atom. The van der Waals surface area contributed by atoms with Crippen molar-refractivity contribution in [3.8, 4) is 28.3 Å². The first-order valence-corrected chi connectivity index (χ1v) is 18.9. The Kier molecular flexibility index (Phi) is 10.8. The van der Waals surface area contributed by atoms with Crippen molar-refractivity contribution in [1.82, 2.24) is 28.2 Å². The molecule has 2 aromatic carbocycles. The molecule has 0 aliphatic heterocycles. The zero-order valence-electron chi connectivity index (χ0n) is 31.4. The van der Waals surface area contributed by atoms with Gasteiger partial charge in [0.05, 0.1) is 22.7 Å². The van der Waals surface area contributed by atoms with Gasteiger partial charge in [0.25, 0.3) is 0 Å². The van der Waals surface area contributed by atoms with E-state index in [1.165, 1.54) is 18.3 Å². The van der Waals surface area contributed by atoms with E-state index in [1.807, 2.05) is 32.0 Å². The number of hydrogen-bond acceptors (Lipinski definition) is 7. The summed E-state index contributed by atoms with van der Waals surface area (Å²) in [5, 5.41) is 10.1. The van der Waals surface area contributed by atoms with E-state index in [-0.39, 0.29) is 37.2 Å². The summed E-state index contributed by atoms with van der Waals surface area (Å²) in [5.74, 6) is -2.02. The van der Waals surface area contributed by atoms with E-state index in [9.17, 15) is 24.4 Å². The van der Waals surface area contributed by atoms with Gasteiger partial charge in [-0.1, -0.05) is 75.4 Å². The van der Waals surface area contributed by atoms with Crippen LogP contribution < -0.4 is 22.8 Å². The van der Waals surface area contributed by atoms with Crippen molar-refractivity contribution in [1.29, 1.82) is 5.26 Å². The lowest BCUT2D eigenvalue weighted by Crippen LogP contribution is -2.71. The Balaban J connectivity index is 1.77. The maximum absolute atomic E-state index is 15.0. The Labute approximate surface area is 322 Å². The molecule has 55 heavy (non-hydrogen) atoms. The number of rotatable bonds is 15. The van der Waals surface area contributed by atoms with Gasteiger partial charge in [0, 0.05) is 41.6 Å². The predicted molar refractivity (Wildman–Crippen MR) is 213 cm³/mol. The topological polar surface area (TPSA) is 190 Å². The maximum Gasteiger partial charge on any atom is 0.331 e. The van der Waals surface area contributed by atoms with Gasteiger partial charge in [0.2, 0.25) is 11.8 Å². The van der Waals surface area contributed by atoms with Gasteiger partial charge in [0.1, 0.15) is 0 Å². The van der Waals surface area contributed by atoms with Crippen LogP contribution in [0.15, 0.2) is 82.6 Å². The summed E-state index contributed by atoms with van der Waals surface area (Å²) in [6, 6.07) is 19.9. The summed E-state index contributed by atoms with van der Waals surface area (Å²) >= 11 is 6.32. The molecule has 0 saturated carbocycles. The second-order valence-corrected chi connectivity index (χ2v) is 14.2. The number of fused-ring (bicyclic) bond motifs is 2. The molecule has 13 nitrogen and oxygen atoms in total. The second kappa shape index (κ2) is 15.4. The largest absolute Gasteiger partial charge is 0.368 e. The van der Waals surface area contributed by atoms with Crippen molar-refractivity contribution < 1.29 is 9.59 Å². The molecule has 6 aromatic rings. The molecule has 0 bridgehead atoms. The fourth-order valence-corrected chi connectivity index (χ4v) is 8.25.